The summed E-state index contributed by atoms with van der Waals surface area (Å²) in [7, 11) is 1.67. The lowest BCUT2D eigenvalue weighted by molar-refractivity contribution is 0.143. The fraction of sp³-hybridized carbons (Fsp3) is 0.533. The summed E-state index contributed by atoms with van der Waals surface area (Å²) in [6, 6.07) is 7.91. The molecular formula is C15H23BrN2O2. The van der Waals surface area contributed by atoms with Crippen molar-refractivity contribution < 1.29 is 9.90 Å². The standard InChI is InChI=1S/C15H23BrN2O2/c1-11(19)9-18(4)14(20)17-10-15(2,3)12-6-5-7-13(16)8-12/h5-8,11,19H,9-10H2,1-4H3,(H,17,20). The molecular weight excluding hydrogens is 320 g/mol. The molecule has 112 valence electrons. The molecule has 1 atom stereocenters. The lowest BCUT2D eigenvalue weighted by Gasteiger charge is -2.28. The normalized spacial score (nSPS) is 12.9. The van der Waals surface area contributed by atoms with E-state index in [-0.39, 0.29) is 11.4 Å². The van der Waals surface area contributed by atoms with Gasteiger partial charge in [-0.1, -0.05) is 41.9 Å². The van der Waals surface area contributed by atoms with Crippen LogP contribution >= 0.6 is 15.9 Å². The number of nitrogens with zero attached hydrogens (tertiary/aromatic N) is 1. The van der Waals surface area contributed by atoms with Gasteiger partial charge < -0.3 is 15.3 Å². The highest BCUT2D eigenvalue weighted by Gasteiger charge is 2.22. The summed E-state index contributed by atoms with van der Waals surface area (Å²) in [5, 5.41) is 12.2. The number of rotatable bonds is 5. The summed E-state index contributed by atoms with van der Waals surface area (Å²) in [6.45, 7) is 6.69. The van der Waals surface area contributed by atoms with Gasteiger partial charge in [0.2, 0.25) is 0 Å². The quantitative estimate of drug-likeness (QED) is 0.864. The summed E-state index contributed by atoms with van der Waals surface area (Å²) in [5.74, 6) is 0. The van der Waals surface area contributed by atoms with Crippen LogP contribution in [0.4, 0.5) is 4.79 Å². The Bertz CT molecular complexity index is 461. The molecule has 2 N–H and O–H groups in total. The van der Waals surface area contributed by atoms with Crippen LogP contribution in [0.3, 0.4) is 0 Å². The van der Waals surface area contributed by atoms with Crippen LogP contribution < -0.4 is 5.32 Å². The average molecular weight is 343 g/mol. The van der Waals surface area contributed by atoms with Crippen molar-refractivity contribution in [2.24, 2.45) is 0 Å². The molecule has 0 spiro atoms. The molecule has 0 saturated heterocycles. The van der Waals surface area contributed by atoms with Gasteiger partial charge in [0.15, 0.2) is 0 Å². The molecule has 1 aromatic rings. The topological polar surface area (TPSA) is 52.6 Å². The van der Waals surface area contributed by atoms with Crippen LogP contribution in [0, 0.1) is 0 Å². The molecule has 0 aliphatic rings. The minimum Gasteiger partial charge on any atom is -0.392 e. The van der Waals surface area contributed by atoms with Crippen molar-refractivity contribution >= 4 is 22.0 Å². The molecule has 0 radical (unpaired) electrons. The molecule has 0 aliphatic carbocycles. The minimum absolute atomic E-state index is 0.162. The van der Waals surface area contributed by atoms with Crippen molar-refractivity contribution in [3.63, 3.8) is 0 Å². The molecule has 0 saturated carbocycles. The molecule has 0 fully saturated rings. The van der Waals surface area contributed by atoms with Gasteiger partial charge in [0.05, 0.1) is 6.10 Å². The van der Waals surface area contributed by atoms with Crippen molar-refractivity contribution in [3.05, 3.63) is 34.3 Å². The third kappa shape index (κ3) is 5.13. The summed E-state index contributed by atoms with van der Waals surface area (Å²) in [4.78, 5) is 13.4. The van der Waals surface area contributed by atoms with Crippen molar-refractivity contribution in [2.75, 3.05) is 20.1 Å². The molecule has 2 amide bonds. The third-order valence-electron chi connectivity index (χ3n) is 3.17. The van der Waals surface area contributed by atoms with Crippen LogP contribution in [0.5, 0.6) is 0 Å². The van der Waals surface area contributed by atoms with Crippen LogP contribution in [0.15, 0.2) is 28.7 Å². The van der Waals surface area contributed by atoms with E-state index in [2.05, 4.69) is 47.2 Å². The van der Waals surface area contributed by atoms with Crippen LogP contribution in [0.25, 0.3) is 0 Å². The van der Waals surface area contributed by atoms with E-state index in [4.69, 9.17) is 0 Å². The first-order valence-corrected chi connectivity index (χ1v) is 7.45. The number of amides is 2. The second kappa shape index (κ2) is 7.09. The lowest BCUT2D eigenvalue weighted by Crippen LogP contribution is -2.45. The molecule has 20 heavy (non-hydrogen) atoms. The van der Waals surface area contributed by atoms with Crippen molar-refractivity contribution in [1.82, 2.24) is 10.2 Å². The van der Waals surface area contributed by atoms with Gasteiger partial charge in [0, 0.05) is 30.0 Å². The first-order valence-electron chi connectivity index (χ1n) is 6.65. The van der Waals surface area contributed by atoms with Crippen LogP contribution in [-0.2, 0) is 5.41 Å². The van der Waals surface area contributed by atoms with E-state index in [0.29, 0.717) is 13.1 Å². The summed E-state index contributed by atoms with van der Waals surface area (Å²) in [6.07, 6.45) is -0.524. The number of likely N-dealkylation sites (N-methyl/N-ethyl adjacent to an activating group) is 1. The monoisotopic (exact) mass is 342 g/mol. The highest BCUT2D eigenvalue weighted by atomic mass is 79.9. The zero-order valence-corrected chi connectivity index (χ0v) is 14.1. The molecule has 1 rings (SSSR count). The first-order chi connectivity index (χ1) is 9.22. The summed E-state index contributed by atoms with van der Waals surface area (Å²) < 4.78 is 1.03. The first kappa shape index (κ1) is 17.0. The average Bonchev–Trinajstić information content (AvgIpc) is 2.35. The van der Waals surface area contributed by atoms with Gasteiger partial charge in [0.25, 0.3) is 0 Å². The largest absolute Gasteiger partial charge is 0.392 e. The predicted octanol–water partition coefficient (Wildman–Crippen LogP) is 2.75. The van der Waals surface area contributed by atoms with Gasteiger partial charge in [-0.3, -0.25) is 0 Å². The van der Waals surface area contributed by atoms with E-state index in [1.54, 1.807) is 14.0 Å². The molecule has 4 nitrogen and oxygen atoms in total. The van der Waals surface area contributed by atoms with Crippen molar-refractivity contribution in [2.45, 2.75) is 32.3 Å². The molecule has 1 unspecified atom stereocenters. The Hall–Kier alpha value is -1.07. The van der Waals surface area contributed by atoms with Gasteiger partial charge in [-0.05, 0) is 24.6 Å². The van der Waals surface area contributed by atoms with Crippen molar-refractivity contribution in [1.29, 1.82) is 0 Å². The predicted molar refractivity (Wildman–Crippen MR) is 84.9 cm³/mol. The minimum atomic E-state index is -0.524. The number of aliphatic hydroxyl groups is 1. The maximum atomic E-state index is 11.9. The van der Waals surface area contributed by atoms with Gasteiger partial charge in [0.1, 0.15) is 0 Å². The third-order valence-corrected chi connectivity index (χ3v) is 3.67. The molecule has 1 aromatic carbocycles. The zero-order chi connectivity index (χ0) is 15.3. The molecule has 0 aliphatic heterocycles. The highest BCUT2D eigenvalue weighted by molar-refractivity contribution is 9.10. The number of aliphatic hydroxyl groups excluding tert-OH is 1. The molecule has 0 heterocycles. The van der Waals surface area contributed by atoms with Crippen LogP contribution in [0.2, 0.25) is 0 Å². The number of benzene rings is 1. The number of hydrogen-bond donors (Lipinski definition) is 2. The van der Waals surface area contributed by atoms with Gasteiger partial charge in [-0.15, -0.1) is 0 Å². The summed E-state index contributed by atoms with van der Waals surface area (Å²) in [5.41, 5.74) is 0.996. The number of nitrogens with one attached hydrogen (secondary N) is 1. The second-order valence-corrected chi connectivity index (χ2v) is 6.70. The van der Waals surface area contributed by atoms with Crippen LogP contribution in [0.1, 0.15) is 26.3 Å². The number of carbonyl (C=O) groups is 1. The maximum Gasteiger partial charge on any atom is 0.317 e. The smallest absolute Gasteiger partial charge is 0.317 e. The number of hydrogen-bond acceptors (Lipinski definition) is 2. The highest BCUT2D eigenvalue weighted by Crippen LogP contribution is 2.25. The van der Waals surface area contributed by atoms with Gasteiger partial charge >= 0.3 is 6.03 Å². The summed E-state index contributed by atoms with van der Waals surface area (Å²) >= 11 is 3.46. The Morgan fingerprint density at radius 3 is 2.70 bits per heavy atom. The second-order valence-electron chi connectivity index (χ2n) is 5.78. The van der Waals surface area contributed by atoms with E-state index in [1.807, 2.05) is 12.1 Å². The Labute approximate surface area is 129 Å². The zero-order valence-electron chi connectivity index (χ0n) is 12.5. The van der Waals surface area contributed by atoms with Gasteiger partial charge in [-0.25, -0.2) is 4.79 Å². The van der Waals surface area contributed by atoms with Crippen LogP contribution in [-0.4, -0.2) is 42.3 Å². The fourth-order valence-corrected chi connectivity index (χ4v) is 2.32. The van der Waals surface area contributed by atoms with E-state index in [9.17, 15) is 9.90 Å². The molecule has 0 bridgehead atoms. The van der Waals surface area contributed by atoms with E-state index in [1.165, 1.54) is 4.90 Å². The maximum absolute atomic E-state index is 11.9. The molecule has 5 heteroatoms. The number of urea groups is 1. The SMILES string of the molecule is CC(O)CN(C)C(=O)NCC(C)(C)c1cccc(Br)c1. The number of carbonyl (C=O) groups excluding carboxylic acids is 1. The Morgan fingerprint density at radius 1 is 1.50 bits per heavy atom. The van der Waals surface area contributed by atoms with E-state index in [0.717, 1.165) is 10.0 Å². The van der Waals surface area contributed by atoms with Gasteiger partial charge in [-0.2, -0.15) is 0 Å². The fourth-order valence-electron chi connectivity index (χ4n) is 1.92. The molecule has 0 aromatic heterocycles. The Balaban J connectivity index is 2.61. The van der Waals surface area contributed by atoms with E-state index >= 15 is 0 Å². The Kier molecular flexibility index (Phi) is 6.02. The Morgan fingerprint density at radius 2 is 2.15 bits per heavy atom. The number of halogens is 1. The lowest BCUT2D eigenvalue weighted by atomic mass is 9.85. The van der Waals surface area contributed by atoms with E-state index < -0.39 is 6.10 Å². The van der Waals surface area contributed by atoms with Crippen molar-refractivity contribution in [3.8, 4) is 0 Å².